The number of piperazine rings is 1. The number of halogens is 1. The van der Waals surface area contributed by atoms with Gasteiger partial charge in [0.05, 0.1) is 0 Å². The summed E-state index contributed by atoms with van der Waals surface area (Å²) < 4.78 is 1.13. The molecule has 1 aliphatic heterocycles. The van der Waals surface area contributed by atoms with E-state index in [9.17, 15) is 9.59 Å². The van der Waals surface area contributed by atoms with Crippen molar-refractivity contribution in [1.29, 1.82) is 0 Å². The van der Waals surface area contributed by atoms with Gasteiger partial charge in [0.2, 0.25) is 0 Å². The second-order valence-electron chi connectivity index (χ2n) is 4.60. The zero-order valence-electron chi connectivity index (χ0n) is 10.7. The summed E-state index contributed by atoms with van der Waals surface area (Å²) in [6, 6.07) is 7.66. The van der Waals surface area contributed by atoms with E-state index in [0.29, 0.717) is 6.42 Å². The molecule has 1 aliphatic rings. The molecule has 102 valence electrons. The number of hydrogen-bond donors (Lipinski definition) is 0. The summed E-state index contributed by atoms with van der Waals surface area (Å²) in [7, 11) is 0. The first-order valence-corrected chi connectivity index (χ1v) is 7.49. The smallest absolute Gasteiger partial charge is 0.253 e. The van der Waals surface area contributed by atoms with E-state index in [1.165, 1.54) is 0 Å². The topological polar surface area (TPSA) is 40.6 Å². The van der Waals surface area contributed by atoms with Gasteiger partial charge in [0.15, 0.2) is 0 Å². The highest BCUT2D eigenvalue weighted by Crippen LogP contribution is 2.11. The maximum Gasteiger partial charge on any atom is 0.253 e. The van der Waals surface area contributed by atoms with Crippen LogP contribution in [0.5, 0.6) is 0 Å². The zero-order chi connectivity index (χ0) is 13.7. The van der Waals surface area contributed by atoms with Crippen LogP contribution in [0.4, 0.5) is 0 Å². The fraction of sp³-hybridized carbons (Fsp3) is 0.429. The Labute approximate surface area is 126 Å². The third-order valence-corrected chi connectivity index (χ3v) is 4.03. The van der Waals surface area contributed by atoms with E-state index in [0.717, 1.165) is 48.1 Å². The van der Waals surface area contributed by atoms with Crippen molar-refractivity contribution in [2.45, 2.75) is 6.42 Å². The molecule has 1 aromatic carbocycles. The van der Waals surface area contributed by atoms with Crippen LogP contribution in [0.3, 0.4) is 0 Å². The molecule has 0 N–H and O–H groups in total. The minimum absolute atomic E-state index is 0.103. The molecule has 0 unspecified atom stereocenters. The van der Waals surface area contributed by atoms with Gasteiger partial charge in [-0.1, -0.05) is 0 Å². The molecule has 4 nitrogen and oxygen atoms in total. The van der Waals surface area contributed by atoms with Gasteiger partial charge in [-0.25, -0.2) is 0 Å². The Kier molecular flexibility index (Phi) is 5.33. The minimum Gasteiger partial charge on any atom is -0.336 e. The van der Waals surface area contributed by atoms with Gasteiger partial charge in [0.1, 0.15) is 6.29 Å². The SMILES string of the molecule is O=CCCN1CCN(C(=O)c2ccc(I)cc2)CC1. The number of benzene rings is 1. The van der Waals surface area contributed by atoms with Crippen LogP contribution in [0, 0.1) is 3.57 Å². The summed E-state index contributed by atoms with van der Waals surface area (Å²) in [6.07, 6.45) is 1.52. The van der Waals surface area contributed by atoms with Crippen LogP contribution in [-0.2, 0) is 4.79 Å². The average molecular weight is 372 g/mol. The van der Waals surface area contributed by atoms with Crippen LogP contribution in [0.1, 0.15) is 16.8 Å². The van der Waals surface area contributed by atoms with Gasteiger partial charge in [-0.05, 0) is 46.9 Å². The Hall–Kier alpha value is -0.950. The van der Waals surface area contributed by atoms with Crippen LogP contribution in [0.25, 0.3) is 0 Å². The maximum absolute atomic E-state index is 12.3. The van der Waals surface area contributed by atoms with Gasteiger partial charge in [-0.3, -0.25) is 9.69 Å². The molecule has 5 heteroatoms. The van der Waals surface area contributed by atoms with E-state index in [1.807, 2.05) is 29.2 Å². The van der Waals surface area contributed by atoms with E-state index < -0.39 is 0 Å². The van der Waals surface area contributed by atoms with Crippen molar-refractivity contribution in [2.24, 2.45) is 0 Å². The lowest BCUT2D eigenvalue weighted by Gasteiger charge is -2.34. The molecule has 1 amide bonds. The number of carbonyl (C=O) groups excluding carboxylic acids is 2. The molecule has 0 aliphatic carbocycles. The molecule has 0 aromatic heterocycles. The van der Waals surface area contributed by atoms with Crippen LogP contribution in [0.15, 0.2) is 24.3 Å². The number of hydrogen-bond acceptors (Lipinski definition) is 3. The van der Waals surface area contributed by atoms with Crippen molar-refractivity contribution in [3.8, 4) is 0 Å². The Morgan fingerprint density at radius 3 is 2.37 bits per heavy atom. The normalized spacial score (nSPS) is 16.4. The number of carbonyl (C=O) groups is 2. The van der Waals surface area contributed by atoms with Crippen LogP contribution < -0.4 is 0 Å². The van der Waals surface area contributed by atoms with E-state index >= 15 is 0 Å². The van der Waals surface area contributed by atoms with E-state index in [4.69, 9.17) is 0 Å². The molecular weight excluding hydrogens is 355 g/mol. The monoisotopic (exact) mass is 372 g/mol. The van der Waals surface area contributed by atoms with Crippen molar-refractivity contribution in [3.05, 3.63) is 33.4 Å². The van der Waals surface area contributed by atoms with E-state index in [-0.39, 0.29) is 5.91 Å². The molecule has 2 rings (SSSR count). The summed E-state index contributed by atoms with van der Waals surface area (Å²) in [6.45, 7) is 3.98. The number of rotatable bonds is 4. The molecule has 0 atom stereocenters. The van der Waals surface area contributed by atoms with Crippen LogP contribution >= 0.6 is 22.6 Å². The first kappa shape index (κ1) is 14.5. The average Bonchev–Trinajstić information content (AvgIpc) is 2.46. The molecule has 19 heavy (non-hydrogen) atoms. The summed E-state index contributed by atoms with van der Waals surface area (Å²) in [5.41, 5.74) is 0.752. The molecular formula is C14H17IN2O2. The first-order valence-electron chi connectivity index (χ1n) is 6.41. The van der Waals surface area contributed by atoms with Crippen molar-refractivity contribution in [2.75, 3.05) is 32.7 Å². The quantitative estimate of drug-likeness (QED) is 0.596. The summed E-state index contributed by atoms with van der Waals surface area (Å²) in [5, 5.41) is 0. The number of amides is 1. The minimum atomic E-state index is 0.103. The predicted octanol–water partition coefficient (Wildman–Crippen LogP) is 1.64. The first-order chi connectivity index (χ1) is 9.20. The lowest BCUT2D eigenvalue weighted by Crippen LogP contribution is -2.48. The third kappa shape index (κ3) is 4.01. The Morgan fingerprint density at radius 2 is 1.79 bits per heavy atom. The number of aldehydes is 1. The van der Waals surface area contributed by atoms with Crippen molar-refractivity contribution in [3.63, 3.8) is 0 Å². The second-order valence-corrected chi connectivity index (χ2v) is 5.84. The fourth-order valence-corrected chi connectivity index (χ4v) is 2.54. The van der Waals surface area contributed by atoms with Gasteiger partial charge in [0.25, 0.3) is 5.91 Å². The van der Waals surface area contributed by atoms with Gasteiger partial charge in [-0.2, -0.15) is 0 Å². The van der Waals surface area contributed by atoms with Gasteiger partial charge in [0, 0.05) is 48.3 Å². The van der Waals surface area contributed by atoms with Crippen LogP contribution in [0.2, 0.25) is 0 Å². The molecule has 0 radical (unpaired) electrons. The molecule has 0 bridgehead atoms. The largest absolute Gasteiger partial charge is 0.336 e. The van der Waals surface area contributed by atoms with Gasteiger partial charge < -0.3 is 9.69 Å². The van der Waals surface area contributed by atoms with Gasteiger partial charge in [-0.15, -0.1) is 0 Å². The maximum atomic E-state index is 12.3. The Morgan fingerprint density at radius 1 is 1.16 bits per heavy atom. The zero-order valence-corrected chi connectivity index (χ0v) is 12.9. The molecule has 0 spiro atoms. The molecule has 1 fully saturated rings. The molecule has 1 saturated heterocycles. The Bertz CT molecular complexity index is 439. The standard InChI is InChI=1S/C14H17IN2O2/c15-13-4-2-12(3-5-13)14(19)17-9-7-16(8-10-17)6-1-11-18/h2-5,11H,1,6-10H2. The lowest BCUT2D eigenvalue weighted by atomic mass is 10.2. The summed E-state index contributed by atoms with van der Waals surface area (Å²) in [5.74, 6) is 0.103. The number of nitrogens with zero attached hydrogens (tertiary/aromatic N) is 2. The van der Waals surface area contributed by atoms with E-state index in [2.05, 4.69) is 27.5 Å². The Balaban J connectivity index is 1.88. The highest BCUT2D eigenvalue weighted by Gasteiger charge is 2.21. The summed E-state index contributed by atoms with van der Waals surface area (Å²) in [4.78, 5) is 26.7. The van der Waals surface area contributed by atoms with E-state index in [1.54, 1.807) is 0 Å². The second kappa shape index (κ2) is 7.00. The summed E-state index contributed by atoms with van der Waals surface area (Å²) >= 11 is 2.23. The van der Waals surface area contributed by atoms with Crippen LogP contribution in [-0.4, -0.2) is 54.7 Å². The lowest BCUT2D eigenvalue weighted by molar-refractivity contribution is -0.108. The predicted molar refractivity (Wildman–Crippen MR) is 82.2 cm³/mol. The highest BCUT2D eigenvalue weighted by atomic mass is 127. The van der Waals surface area contributed by atoms with Gasteiger partial charge >= 0.3 is 0 Å². The third-order valence-electron chi connectivity index (χ3n) is 3.31. The molecule has 1 aromatic rings. The molecule has 0 saturated carbocycles. The van der Waals surface area contributed by atoms with Crippen molar-refractivity contribution < 1.29 is 9.59 Å². The fourth-order valence-electron chi connectivity index (χ4n) is 2.18. The van der Waals surface area contributed by atoms with Crippen molar-refractivity contribution in [1.82, 2.24) is 9.80 Å². The highest BCUT2D eigenvalue weighted by molar-refractivity contribution is 14.1. The van der Waals surface area contributed by atoms with Crippen molar-refractivity contribution >= 4 is 34.8 Å². The molecule has 1 heterocycles.